The molecule has 270 valence electrons. The summed E-state index contributed by atoms with van der Waals surface area (Å²) in [5.41, 5.74) is 2.22. The second-order valence-corrected chi connectivity index (χ2v) is 15.4. The zero-order valence-corrected chi connectivity index (χ0v) is 29.9. The van der Waals surface area contributed by atoms with Crippen molar-refractivity contribution in [3.05, 3.63) is 95.1 Å². The Hall–Kier alpha value is -4.18. The fraction of sp³-hybridized carbons (Fsp3) is 0.378. The van der Waals surface area contributed by atoms with E-state index >= 15 is 0 Å². The van der Waals surface area contributed by atoms with Gasteiger partial charge in [-0.05, 0) is 70.4 Å². The molecule has 0 saturated carbocycles. The van der Waals surface area contributed by atoms with Crippen molar-refractivity contribution in [3.8, 4) is 17.2 Å². The number of fused-ring (bicyclic) bond motifs is 2. The van der Waals surface area contributed by atoms with Crippen LogP contribution >= 0.6 is 11.3 Å². The van der Waals surface area contributed by atoms with Gasteiger partial charge in [-0.15, -0.1) is 11.3 Å². The van der Waals surface area contributed by atoms with Crippen molar-refractivity contribution in [1.82, 2.24) is 14.1 Å². The Morgan fingerprint density at radius 3 is 2.57 bits per heavy atom. The van der Waals surface area contributed by atoms with E-state index in [9.17, 15) is 18.3 Å². The number of aliphatic hydroxyl groups excluding tert-OH is 1. The quantitative estimate of drug-likeness (QED) is 0.211. The van der Waals surface area contributed by atoms with Gasteiger partial charge in [-0.2, -0.15) is 4.31 Å². The van der Waals surface area contributed by atoms with E-state index in [2.05, 4.69) is 22.4 Å². The molecule has 3 aromatic carbocycles. The van der Waals surface area contributed by atoms with E-state index in [1.165, 1.54) is 23.5 Å². The number of hydrogen-bond acceptors (Lipinski definition) is 11. The van der Waals surface area contributed by atoms with E-state index in [0.29, 0.717) is 38.3 Å². The van der Waals surface area contributed by atoms with Gasteiger partial charge in [0.2, 0.25) is 23.1 Å². The average Bonchev–Trinajstić information content (AvgIpc) is 3.82. The van der Waals surface area contributed by atoms with Crippen molar-refractivity contribution in [2.45, 2.75) is 30.1 Å². The SMILES string of the molecule is COc1ccc(S(=O)(=O)N(CCO)CCO[C@H]2C[C@@H](c3csc4ccccc34)C=C(C(=O)N3CCN(Cc4ccc5c(c4)OCO5)CC3)O2)cc1. The van der Waals surface area contributed by atoms with Crippen molar-refractivity contribution < 1.29 is 42.0 Å². The summed E-state index contributed by atoms with van der Waals surface area (Å²) in [6.07, 6.45) is 1.57. The van der Waals surface area contributed by atoms with E-state index in [1.807, 2.05) is 41.3 Å². The molecule has 0 spiro atoms. The zero-order valence-electron chi connectivity index (χ0n) is 28.3. The lowest BCUT2D eigenvalue weighted by molar-refractivity contribution is -0.153. The highest BCUT2D eigenvalue weighted by atomic mass is 32.2. The standard InChI is InChI=1S/C37H41N3O9S2/c1-45-28-7-9-29(10-8-28)51(43,44)40(16-18-41)17-19-46-36-22-27(31-24-50-35-5-3-2-4-30(31)35)21-34(49-36)37(42)39-14-12-38(13-15-39)23-26-6-11-32-33(20-26)48-25-47-32/h2-11,20-21,24,27,36,41H,12-19,22-23,25H2,1H3/t27-,36+/m0/s1. The second-order valence-electron chi connectivity index (χ2n) is 12.5. The Labute approximate surface area is 301 Å². The third kappa shape index (κ3) is 7.86. The van der Waals surface area contributed by atoms with Crippen LogP contribution in [0.1, 0.15) is 23.5 Å². The topological polar surface area (TPSA) is 127 Å². The first-order valence-corrected chi connectivity index (χ1v) is 19.3. The third-order valence-electron chi connectivity index (χ3n) is 9.37. The monoisotopic (exact) mass is 735 g/mol. The van der Waals surface area contributed by atoms with Crippen molar-refractivity contribution in [2.24, 2.45) is 0 Å². The molecule has 0 radical (unpaired) electrons. The molecule has 2 atom stereocenters. The van der Waals surface area contributed by atoms with E-state index in [-0.39, 0.29) is 55.6 Å². The number of carbonyl (C=O) groups is 1. The van der Waals surface area contributed by atoms with Gasteiger partial charge < -0.3 is 33.7 Å². The highest BCUT2D eigenvalue weighted by Crippen LogP contribution is 2.39. The number of rotatable bonds is 13. The number of amides is 1. The molecule has 0 unspecified atom stereocenters. The van der Waals surface area contributed by atoms with Gasteiger partial charge >= 0.3 is 0 Å². The van der Waals surface area contributed by atoms with Crippen molar-refractivity contribution in [1.29, 1.82) is 0 Å². The van der Waals surface area contributed by atoms with Gasteiger partial charge in [0.25, 0.3) is 5.91 Å². The Morgan fingerprint density at radius 1 is 1.00 bits per heavy atom. The molecule has 0 bridgehead atoms. The minimum Gasteiger partial charge on any atom is -0.497 e. The smallest absolute Gasteiger partial charge is 0.288 e. The maximum atomic E-state index is 14.0. The largest absolute Gasteiger partial charge is 0.497 e. The fourth-order valence-corrected chi connectivity index (χ4v) is 9.06. The predicted octanol–water partition coefficient (Wildman–Crippen LogP) is 4.40. The first kappa shape index (κ1) is 35.2. The highest BCUT2D eigenvalue weighted by molar-refractivity contribution is 7.89. The van der Waals surface area contributed by atoms with Crippen LogP contribution in [-0.4, -0.2) is 106 Å². The molecular formula is C37H41N3O9S2. The summed E-state index contributed by atoms with van der Waals surface area (Å²) in [6.45, 7) is 3.00. The maximum absolute atomic E-state index is 14.0. The maximum Gasteiger partial charge on any atom is 0.288 e. The molecule has 14 heteroatoms. The van der Waals surface area contributed by atoms with Crippen molar-refractivity contribution in [3.63, 3.8) is 0 Å². The van der Waals surface area contributed by atoms with E-state index in [0.717, 1.165) is 39.3 Å². The molecule has 1 fully saturated rings. The molecular weight excluding hydrogens is 695 g/mol. The van der Waals surface area contributed by atoms with Gasteiger partial charge in [-0.25, -0.2) is 8.42 Å². The third-order valence-corrected chi connectivity index (χ3v) is 12.3. The van der Waals surface area contributed by atoms with Crippen LogP contribution < -0.4 is 14.2 Å². The lowest BCUT2D eigenvalue weighted by Gasteiger charge is -2.36. The Morgan fingerprint density at radius 2 is 1.78 bits per heavy atom. The number of piperazine rings is 1. The first-order chi connectivity index (χ1) is 24.8. The summed E-state index contributed by atoms with van der Waals surface area (Å²) in [7, 11) is -2.41. The molecule has 7 rings (SSSR count). The van der Waals surface area contributed by atoms with Crippen LogP contribution in [-0.2, 0) is 30.8 Å². The Bertz CT molecular complexity index is 1970. The lowest BCUT2D eigenvalue weighted by atomic mass is 9.92. The number of ether oxygens (including phenoxy) is 5. The normalized spacial score (nSPS) is 19.3. The number of hydrogen-bond donors (Lipinski definition) is 1. The van der Waals surface area contributed by atoms with Gasteiger partial charge in [-0.1, -0.05) is 24.3 Å². The van der Waals surface area contributed by atoms with Crippen LogP contribution in [0.15, 0.2) is 88.8 Å². The van der Waals surface area contributed by atoms with Gasteiger partial charge in [0, 0.05) is 62.9 Å². The summed E-state index contributed by atoms with van der Waals surface area (Å²) >= 11 is 1.65. The lowest BCUT2D eigenvalue weighted by Crippen LogP contribution is -2.49. The van der Waals surface area contributed by atoms with Gasteiger partial charge in [0.15, 0.2) is 17.3 Å². The van der Waals surface area contributed by atoms with Crippen LogP contribution in [0.3, 0.4) is 0 Å². The molecule has 3 aliphatic rings. The molecule has 4 aromatic rings. The number of nitrogens with zero attached hydrogens (tertiary/aromatic N) is 3. The van der Waals surface area contributed by atoms with Crippen LogP contribution in [0.5, 0.6) is 17.2 Å². The second kappa shape index (κ2) is 15.6. The molecule has 1 saturated heterocycles. The number of sulfonamides is 1. The summed E-state index contributed by atoms with van der Waals surface area (Å²) in [6, 6.07) is 20.2. The predicted molar refractivity (Wildman–Crippen MR) is 191 cm³/mol. The van der Waals surface area contributed by atoms with E-state index in [1.54, 1.807) is 23.5 Å². The van der Waals surface area contributed by atoms with Gasteiger partial charge in [0.05, 0.1) is 25.2 Å². The minimum absolute atomic E-state index is 0.00282. The van der Waals surface area contributed by atoms with Crippen molar-refractivity contribution in [2.75, 3.05) is 66.4 Å². The van der Waals surface area contributed by atoms with Crippen LogP contribution in [0.25, 0.3) is 10.1 Å². The van der Waals surface area contributed by atoms with Gasteiger partial charge in [-0.3, -0.25) is 9.69 Å². The molecule has 1 N–H and O–H groups in total. The number of aliphatic hydroxyl groups is 1. The van der Waals surface area contributed by atoms with Crippen molar-refractivity contribution >= 4 is 37.4 Å². The summed E-state index contributed by atoms with van der Waals surface area (Å²) in [5.74, 6) is 1.94. The summed E-state index contributed by atoms with van der Waals surface area (Å²) < 4.78 is 57.8. The van der Waals surface area contributed by atoms with Crippen LogP contribution in [0.4, 0.5) is 0 Å². The number of methoxy groups -OCH3 is 1. The molecule has 51 heavy (non-hydrogen) atoms. The summed E-state index contributed by atoms with van der Waals surface area (Å²) in [5, 5.41) is 12.9. The molecule has 12 nitrogen and oxygen atoms in total. The molecule has 4 heterocycles. The van der Waals surface area contributed by atoms with E-state index in [4.69, 9.17) is 23.7 Å². The highest BCUT2D eigenvalue weighted by Gasteiger charge is 2.34. The molecule has 1 aromatic heterocycles. The molecule has 3 aliphatic heterocycles. The average molecular weight is 736 g/mol. The van der Waals surface area contributed by atoms with Crippen LogP contribution in [0.2, 0.25) is 0 Å². The zero-order chi connectivity index (χ0) is 35.4. The number of benzene rings is 3. The minimum atomic E-state index is -3.92. The Kier molecular flexibility index (Phi) is 10.8. The molecule has 0 aliphatic carbocycles. The number of thiophene rings is 1. The Balaban J connectivity index is 1.03. The number of carbonyl (C=O) groups excluding carboxylic acids is 1. The van der Waals surface area contributed by atoms with E-state index < -0.39 is 16.3 Å². The first-order valence-electron chi connectivity index (χ1n) is 16.9. The van der Waals surface area contributed by atoms with Crippen LogP contribution in [0, 0.1) is 0 Å². The fourth-order valence-electron chi connectivity index (χ4n) is 6.62. The molecule has 1 amide bonds. The summed E-state index contributed by atoms with van der Waals surface area (Å²) in [4.78, 5) is 18.2. The number of allylic oxidation sites excluding steroid dienone is 1. The van der Waals surface area contributed by atoms with Gasteiger partial charge in [0.1, 0.15) is 5.75 Å².